The highest BCUT2D eigenvalue weighted by atomic mass is 16.5. The van der Waals surface area contributed by atoms with Crippen LogP contribution in [-0.2, 0) is 16.0 Å². The molecule has 0 aliphatic carbocycles. The van der Waals surface area contributed by atoms with Gasteiger partial charge in [-0.2, -0.15) is 0 Å². The Morgan fingerprint density at radius 1 is 1.07 bits per heavy atom. The molecule has 6 N–H and O–H groups in total. The number of hydrogen-bond acceptors (Lipinski definition) is 9. The van der Waals surface area contributed by atoms with E-state index < -0.39 is 48.7 Å². The van der Waals surface area contributed by atoms with Crippen molar-refractivity contribution in [3.63, 3.8) is 0 Å². The monoisotopic (exact) mass is 409 g/mol. The van der Waals surface area contributed by atoms with Gasteiger partial charge in [0, 0.05) is 11.9 Å². The van der Waals surface area contributed by atoms with Gasteiger partial charge in [0.1, 0.15) is 36.1 Å². The van der Waals surface area contributed by atoms with Crippen molar-refractivity contribution in [2.45, 2.75) is 36.9 Å². The minimum atomic E-state index is -1.70. The van der Waals surface area contributed by atoms with Crippen LogP contribution in [0.1, 0.15) is 17.2 Å². The van der Waals surface area contributed by atoms with Crippen molar-refractivity contribution < 1.29 is 39.5 Å². The second-order valence-corrected chi connectivity index (χ2v) is 6.78. The summed E-state index contributed by atoms with van der Waals surface area (Å²) in [6.45, 7) is -0.900. The van der Waals surface area contributed by atoms with E-state index in [2.05, 4.69) is 5.32 Å². The molecule has 0 spiro atoms. The van der Waals surface area contributed by atoms with Crippen LogP contribution in [0, 0.1) is 0 Å². The van der Waals surface area contributed by atoms with E-state index >= 15 is 0 Å². The molecule has 0 radical (unpaired) electrons. The van der Waals surface area contributed by atoms with Crippen LogP contribution in [0.5, 0.6) is 0 Å². The lowest BCUT2D eigenvalue weighted by molar-refractivity contribution is -0.232. The lowest BCUT2D eigenvalue weighted by atomic mass is 9.88. The number of rotatable bonds is 6. The third kappa shape index (κ3) is 4.17. The Labute approximate surface area is 165 Å². The molecule has 2 heterocycles. The summed E-state index contributed by atoms with van der Waals surface area (Å²) in [6.07, 6.45) is -7.91. The summed E-state index contributed by atoms with van der Waals surface area (Å²) < 4.78 is 10.8. The fraction of sp³-hybridized carbons (Fsp3) is 0.474. The Hall–Kier alpha value is -2.34. The maximum absolute atomic E-state index is 12.7. The summed E-state index contributed by atoms with van der Waals surface area (Å²) in [5.41, 5.74) is -0.620. The number of aliphatic hydroxyl groups excluding tert-OH is 5. The molecule has 10 heteroatoms. The summed E-state index contributed by atoms with van der Waals surface area (Å²) in [5.74, 6) is -0.486. The fourth-order valence-electron chi connectivity index (χ4n) is 3.46. The van der Waals surface area contributed by atoms with Gasteiger partial charge in [-0.1, -0.05) is 18.2 Å². The fourth-order valence-corrected chi connectivity index (χ4v) is 3.46. The third-order valence-corrected chi connectivity index (χ3v) is 4.91. The number of amides is 1. The van der Waals surface area contributed by atoms with Gasteiger partial charge >= 0.3 is 5.63 Å². The van der Waals surface area contributed by atoms with Gasteiger partial charge in [0.05, 0.1) is 25.2 Å². The smallest absolute Gasteiger partial charge is 0.342 e. The molecule has 0 bridgehead atoms. The number of benzene rings is 1. The Kier molecular flexibility index (Phi) is 6.63. The van der Waals surface area contributed by atoms with Gasteiger partial charge in [-0.25, -0.2) is 4.79 Å². The van der Waals surface area contributed by atoms with Crippen LogP contribution < -0.4 is 10.9 Å². The van der Waals surface area contributed by atoms with E-state index in [1.54, 1.807) is 24.3 Å². The molecule has 1 fully saturated rings. The Morgan fingerprint density at radius 3 is 2.48 bits per heavy atom. The van der Waals surface area contributed by atoms with Gasteiger partial charge in [0.25, 0.3) is 0 Å². The molecule has 1 unspecified atom stereocenters. The molecular formula is C19H23NO9. The number of carbonyl (C=O) groups excluding carboxylic acids is 1. The molecule has 1 aliphatic heterocycles. The number of fused-ring (bicyclic) bond motifs is 1. The van der Waals surface area contributed by atoms with E-state index in [0.29, 0.717) is 5.39 Å². The van der Waals surface area contributed by atoms with Crippen molar-refractivity contribution >= 4 is 16.9 Å². The molecule has 0 saturated carbocycles. The first-order valence-corrected chi connectivity index (χ1v) is 9.11. The number of nitrogens with one attached hydrogen (secondary N) is 1. The molecular weight excluding hydrogens is 386 g/mol. The van der Waals surface area contributed by atoms with Gasteiger partial charge < -0.3 is 40.0 Å². The van der Waals surface area contributed by atoms with Crippen LogP contribution in [-0.4, -0.2) is 75.6 Å². The van der Waals surface area contributed by atoms with E-state index in [4.69, 9.17) is 14.3 Å². The van der Waals surface area contributed by atoms with E-state index in [0.717, 1.165) is 0 Å². The first-order chi connectivity index (χ1) is 13.9. The van der Waals surface area contributed by atoms with Gasteiger partial charge in [-0.15, -0.1) is 0 Å². The first-order valence-electron chi connectivity index (χ1n) is 9.11. The van der Waals surface area contributed by atoms with Crippen LogP contribution >= 0.6 is 0 Å². The van der Waals surface area contributed by atoms with Crippen molar-refractivity contribution in [3.05, 3.63) is 45.8 Å². The molecule has 1 aromatic heterocycles. The second-order valence-electron chi connectivity index (χ2n) is 6.78. The summed E-state index contributed by atoms with van der Waals surface area (Å²) in [6, 6.07) is 6.49. The van der Waals surface area contributed by atoms with Crippen LogP contribution in [0.15, 0.2) is 33.5 Å². The highest BCUT2D eigenvalue weighted by molar-refractivity contribution is 5.88. The zero-order valence-electron chi connectivity index (χ0n) is 15.4. The highest BCUT2D eigenvalue weighted by Crippen LogP contribution is 2.35. The third-order valence-electron chi connectivity index (χ3n) is 4.91. The largest absolute Gasteiger partial charge is 0.422 e. The van der Waals surface area contributed by atoms with Crippen LogP contribution in [0.2, 0.25) is 0 Å². The van der Waals surface area contributed by atoms with Crippen molar-refractivity contribution in [3.8, 4) is 0 Å². The standard InChI is InChI=1S/C19H23NO9/c21-6-5-20-13(23)7-10-9-3-1-2-4-11(9)29-19(27)14(10)18-17(26)16(25)15(24)12(8-22)28-18/h1-4,12,15-18,21-22,24-26H,5-8H2,(H,20,23)/t12-,15+,16+,17-,18?/m1/s1. The average molecular weight is 409 g/mol. The predicted octanol–water partition coefficient (Wildman–Crippen LogP) is -2.04. The summed E-state index contributed by atoms with van der Waals surface area (Å²) >= 11 is 0. The van der Waals surface area contributed by atoms with E-state index in [1.807, 2.05) is 0 Å². The topological polar surface area (TPSA) is 170 Å². The zero-order chi connectivity index (χ0) is 21.1. The minimum Gasteiger partial charge on any atom is -0.422 e. The minimum absolute atomic E-state index is 0.0214. The van der Waals surface area contributed by atoms with Crippen molar-refractivity contribution in [2.75, 3.05) is 19.8 Å². The van der Waals surface area contributed by atoms with Gasteiger partial charge in [-0.05, 0) is 11.6 Å². The molecule has 10 nitrogen and oxygen atoms in total. The average Bonchev–Trinajstić information content (AvgIpc) is 2.71. The SMILES string of the molecule is O=C(Cc1c(C2O[C@H](CO)[C@H](O)[C@H](O)[C@H]2O)c(=O)oc2ccccc12)NCCO. The Balaban J connectivity index is 2.13. The maximum atomic E-state index is 12.7. The lowest BCUT2D eigenvalue weighted by Crippen LogP contribution is -2.56. The molecule has 1 aromatic carbocycles. The molecule has 3 rings (SSSR count). The van der Waals surface area contributed by atoms with Gasteiger partial charge in [0.15, 0.2) is 0 Å². The molecule has 1 saturated heterocycles. The van der Waals surface area contributed by atoms with E-state index in [1.165, 1.54) is 0 Å². The molecule has 29 heavy (non-hydrogen) atoms. The number of aliphatic hydroxyl groups is 5. The van der Waals surface area contributed by atoms with Crippen molar-refractivity contribution in [2.24, 2.45) is 0 Å². The molecule has 158 valence electrons. The van der Waals surface area contributed by atoms with Gasteiger partial charge in [0.2, 0.25) is 5.91 Å². The molecule has 1 amide bonds. The number of hydrogen-bond donors (Lipinski definition) is 6. The lowest BCUT2D eigenvalue weighted by Gasteiger charge is -2.40. The van der Waals surface area contributed by atoms with Crippen LogP contribution in [0.25, 0.3) is 11.0 Å². The first kappa shape index (κ1) is 21.4. The Bertz CT molecular complexity index is 926. The molecule has 5 atom stereocenters. The number of carbonyl (C=O) groups is 1. The van der Waals surface area contributed by atoms with Crippen LogP contribution in [0.3, 0.4) is 0 Å². The van der Waals surface area contributed by atoms with Crippen molar-refractivity contribution in [1.82, 2.24) is 5.32 Å². The normalized spacial score (nSPS) is 27.1. The summed E-state index contributed by atoms with van der Waals surface area (Å²) in [7, 11) is 0. The maximum Gasteiger partial charge on any atom is 0.342 e. The number of ether oxygens (including phenoxy) is 1. The quantitative estimate of drug-likeness (QED) is 0.294. The summed E-state index contributed by atoms with van der Waals surface area (Å²) in [4.78, 5) is 25.0. The Morgan fingerprint density at radius 2 is 1.79 bits per heavy atom. The van der Waals surface area contributed by atoms with E-state index in [9.17, 15) is 30.0 Å². The highest BCUT2D eigenvalue weighted by Gasteiger charge is 2.46. The van der Waals surface area contributed by atoms with E-state index in [-0.39, 0.29) is 36.3 Å². The zero-order valence-corrected chi connectivity index (χ0v) is 15.4. The second kappa shape index (κ2) is 8.99. The summed E-state index contributed by atoms with van der Waals surface area (Å²) in [5, 5.41) is 51.7. The van der Waals surface area contributed by atoms with Gasteiger partial charge in [-0.3, -0.25) is 4.79 Å². The molecule has 2 aromatic rings. The van der Waals surface area contributed by atoms with Crippen LogP contribution in [0.4, 0.5) is 0 Å². The predicted molar refractivity (Wildman–Crippen MR) is 99.0 cm³/mol. The molecule has 1 aliphatic rings. The number of para-hydroxylation sites is 1. The van der Waals surface area contributed by atoms with Crippen molar-refractivity contribution in [1.29, 1.82) is 0 Å².